The SMILES string of the molecule is CCOC(=O)Cn1nnc(-c2cccc(NC(=O)[C@H](C)n3cccc3)c2)n1. The highest BCUT2D eigenvalue weighted by atomic mass is 16.5. The van der Waals surface area contributed by atoms with E-state index in [2.05, 4.69) is 20.7 Å². The number of nitrogens with one attached hydrogen (secondary N) is 1. The molecule has 27 heavy (non-hydrogen) atoms. The zero-order chi connectivity index (χ0) is 19.2. The lowest BCUT2D eigenvalue weighted by Gasteiger charge is -2.14. The molecule has 0 saturated carbocycles. The molecule has 0 saturated heterocycles. The first-order valence-electron chi connectivity index (χ1n) is 8.54. The molecule has 0 aliphatic rings. The second kappa shape index (κ2) is 8.26. The van der Waals surface area contributed by atoms with Gasteiger partial charge >= 0.3 is 5.97 Å². The molecule has 9 nitrogen and oxygen atoms in total. The molecule has 1 N–H and O–H groups in total. The highest BCUT2D eigenvalue weighted by molar-refractivity contribution is 5.94. The van der Waals surface area contributed by atoms with Crippen molar-refractivity contribution >= 4 is 17.6 Å². The standard InChI is InChI=1S/C18H20N6O3/c1-3-27-16(25)12-24-21-17(20-22-24)14-7-6-8-15(11-14)19-18(26)13(2)23-9-4-5-10-23/h4-11,13H,3,12H2,1-2H3,(H,19,26)/t13-/m0/s1. The zero-order valence-corrected chi connectivity index (χ0v) is 15.1. The van der Waals surface area contributed by atoms with E-state index in [1.54, 1.807) is 31.2 Å². The molecule has 0 unspecified atom stereocenters. The Hall–Kier alpha value is -3.49. The molecule has 0 aliphatic heterocycles. The fourth-order valence-corrected chi connectivity index (χ4v) is 2.47. The summed E-state index contributed by atoms with van der Waals surface area (Å²) >= 11 is 0. The number of esters is 1. The Morgan fingerprint density at radius 3 is 2.74 bits per heavy atom. The van der Waals surface area contributed by atoms with Crippen LogP contribution in [-0.2, 0) is 20.9 Å². The van der Waals surface area contributed by atoms with Gasteiger partial charge in [-0.2, -0.15) is 4.80 Å². The van der Waals surface area contributed by atoms with Gasteiger partial charge in [0, 0.05) is 23.6 Å². The first-order chi connectivity index (χ1) is 13.1. The number of carbonyl (C=O) groups is 2. The number of ether oxygens (including phenoxy) is 1. The molecule has 3 aromatic rings. The summed E-state index contributed by atoms with van der Waals surface area (Å²) < 4.78 is 6.68. The average molecular weight is 368 g/mol. The minimum atomic E-state index is -0.429. The van der Waals surface area contributed by atoms with Crippen molar-refractivity contribution in [3.63, 3.8) is 0 Å². The Morgan fingerprint density at radius 1 is 1.22 bits per heavy atom. The molecule has 0 radical (unpaired) electrons. The molecule has 1 atom stereocenters. The number of anilines is 1. The predicted molar refractivity (Wildman–Crippen MR) is 97.7 cm³/mol. The van der Waals surface area contributed by atoms with Gasteiger partial charge in [-0.15, -0.1) is 10.2 Å². The second-order valence-electron chi connectivity index (χ2n) is 5.82. The molecule has 2 aromatic heterocycles. The van der Waals surface area contributed by atoms with Crippen molar-refractivity contribution in [2.45, 2.75) is 26.4 Å². The van der Waals surface area contributed by atoms with Crippen molar-refractivity contribution in [1.29, 1.82) is 0 Å². The van der Waals surface area contributed by atoms with Crippen LogP contribution in [0.15, 0.2) is 48.8 Å². The Morgan fingerprint density at radius 2 is 2.00 bits per heavy atom. The monoisotopic (exact) mass is 368 g/mol. The smallest absolute Gasteiger partial charge is 0.329 e. The first-order valence-corrected chi connectivity index (χ1v) is 8.54. The van der Waals surface area contributed by atoms with Gasteiger partial charge in [0.25, 0.3) is 0 Å². The van der Waals surface area contributed by atoms with Gasteiger partial charge in [0.2, 0.25) is 11.7 Å². The van der Waals surface area contributed by atoms with Crippen LogP contribution in [0.1, 0.15) is 19.9 Å². The summed E-state index contributed by atoms with van der Waals surface area (Å²) in [5.74, 6) is -0.211. The fourth-order valence-electron chi connectivity index (χ4n) is 2.47. The largest absolute Gasteiger partial charge is 0.465 e. The molecule has 140 valence electrons. The summed E-state index contributed by atoms with van der Waals surface area (Å²) in [5, 5.41) is 14.9. The van der Waals surface area contributed by atoms with Crippen LogP contribution in [-0.4, -0.2) is 43.3 Å². The van der Waals surface area contributed by atoms with E-state index in [0.29, 0.717) is 23.7 Å². The molecule has 0 spiro atoms. The van der Waals surface area contributed by atoms with Crippen LogP contribution >= 0.6 is 0 Å². The third-order valence-electron chi connectivity index (χ3n) is 3.87. The topological polar surface area (TPSA) is 104 Å². The maximum absolute atomic E-state index is 12.4. The van der Waals surface area contributed by atoms with Gasteiger partial charge in [-0.05, 0) is 43.3 Å². The molecular weight excluding hydrogens is 348 g/mol. The Bertz CT molecular complexity index is 919. The highest BCUT2D eigenvalue weighted by Gasteiger charge is 2.15. The van der Waals surface area contributed by atoms with Crippen LogP contribution in [0.5, 0.6) is 0 Å². The third-order valence-corrected chi connectivity index (χ3v) is 3.87. The summed E-state index contributed by atoms with van der Waals surface area (Å²) in [4.78, 5) is 25.1. The van der Waals surface area contributed by atoms with Crippen molar-refractivity contribution in [1.82, 2.24) is 24.8 Å². The number of amides is 1. The van der Waals surface area contributed by atoms with Crippen molar-refractivity contribution < 1.29 is 14.3 Å². The van der Waals surface area contributed by atoms with Crippen molar-refractivity contribution in [3.8, 4) is 11.4 Å². The number of tetrazole rings is 1. The number of aromatic nitrogens is 5. The van der Waals surface area contributed by atoms with Crippen LogP contribution in [0, 0.1) is 0 Å². The maximum Gasteiger partial charge on any atom is 0.329 e. The summed E-state index contributed by atoms with van der Waals surface area (Å²) in [6, 6.07) is 10.5. The van der Waals surface area contributed by atoms with Crippen LogP contribution in [0.4, 0.5) is 5.69 Å². The normalized spacial score (nSPS) is 11.8. The van der Waals surface area contributed by atoms with E-state index in [4.69, 9.17) is 4.74 Å². The number of benzene rings is 1. The van der Waals surface area contributed by atoms with Gasteiger partial charge in [0.05, 0.1) is 6.61 Å². The van der Waals surface area contributed by atoms with Gasteiger partial charge in [0.15, 0.2) is 6.54 Å². The van der Waals surface area contributed by atoms with Crippen LogP contribution in [0.25, 0.3) is 11.4 Å². The fraction of sp³-hybridized carbons (Fsp3) is 0.278. The van der Waals surface area contributed by atoms with Crippen LogP contribution < -0.4 is 5.32 Å². The Balaban J connectivity index is 1.69. The lowest BCUT2D eigenvalue weighted by molar-refractivity contribution is -0.144. The molecule has 2 heterocycles. The number of rotatable bonds is 7. The quantitative estimate of drug-likeness (QED) is 0.639. The molecule has 0 bridgehead atoms. The number of nitrogens with zero attached hydrogens (tertiary/aromatic N) is 5. The Labute approximate surface area is 155 Å². The van der Waals surface area contributed by atoms with Crippen LogP contribution in [0.2, 0.25) is 0 Å². The summed E-state index contributed by atoms with van der Waals surface area (Å²) in [6.45, 7) is 3.74. The number of hydrogen-bond acceptors (Lipinski definition) is 6. The van der Waals surface area contributed by atoms with Crippen molar-refractivity contribution in [3.05, 3.63) is 48.8 Å². The first kappa shape index (κ1) is 18.3. The number of hydrogen-bond donors (Lipinski definition) is 1. The molecule has 1 aromatic carbocycles. The average Bonchev–Trinajstić information content (AvgIpc) is 3.33. The van der Waals surface area contributed by atoms with E-state index in [1.807, 2.05) is 36.0 Å². The molecule has 0 fully saturated rings. The van der Waals surface area contributed by atoms with Crippen molar-refractivity contribution in [2.24, 2.45) is 0 Å². The summed E-state index contributed by atoms with van der Waals surface area (Å²) in [5.41, 5.74) is 1.30. The Kier molecular flexibility index (Phi) is 5.60. The second-order valence-corrected chi connectivity index (χ2v) is 5.82. The van der Waals surface area contributed by atoms with Crippen LogP contribution in [0.3, 0.4) is 0 Å². The minimum Gasteiger partial charge on any atom is -0.465 e. The maximum atomic E-state index is 12.4. The molecule has 9 heteroatoms. The van der Waals surface area contributed by atoms with E-state index >= 15 is 0 Å². The lowest BCUT2D eigenvalue weighted by Crippen LogP contribution is -2.22. The van der Waals surface area contributed by atoms with E-state index in [1.165, 1.54) is 4.80 Å². The van der Waals surface area contributed by atoms with Gasteiger partial charge in [-0.1, -0.05) is 12.1 Å². The molecule has 0 aliphatic carbocycles. The van der Waals surface area contributed by atoms with E-state index < -0.39 is 5.97 Å². The summed E-state index contributed by atoms with van der Waals surface area (Å²) in [7, 11) is 0. The third kappa shape index (κ3) is 4.57. The van der Waals surface area contributed by atoms with Gasteiger partial charge in [-0.3, -0.25) is 4.79 Å². The van der Waals surface area contributed by atoms with Crippen molar-refractivity contribution in [2.75, 3.05) is 11.9 Å². The van der Waals surface area contributed by atoms with E-state index in [-0.39, 0.29) is 18.5 Å². The van der Waals surface area contributed by atoms with Gasteiger partial charge < -0.3 is 14.6 Å². The minimum absolute atomic E-state index is 0.106. The highest BCUT2D eigenvalue weighted by Crippen LogP contribution is 2.20. The molecule has 3 rings (SSSR count). The molecule has 1 amide bonds. The number of carbonyl (C=O) groups excluding carboxylic acids is 2. The van der Waals surface area contributed by atoms with E-state index in [9.17, 15) is 9.59 Å². The lowest BCUT2D eigenvalue weighted by atomic mass is 10.2. The van der Waals surface area contributed by atoms with Gasteiger partial charge in [0.1, 0.15) is 6.04 Å². The van der Waals surface area contributed by atoms with Gasteiger partial charge in [-0.25, -0.2) is 4.79 Å². The predicted octanol–water partition coefficient (Wildman–Crippen LogP) is 1.90. The van der Waals surface area contributed by atoms with E-state index in [0.717, 1.165) is 0 Å². The summed E-state index contributed by atoms with van der Waals surface area (Å²) in [6.07, 6.45) is 3.68. The zero-order valence-electron chi connectivity index (χ0n) is 15.1. The molecular formula is C18H20N6O3.